The lowest BCUT2D eigenvalue weighted by Gasteiger charge is -2.25. The molecule has 0 radical (unpaired) electrons. The van der Waals surface area contributed by atoms with Crippen molar-refractivity contribution in [1.29, 1.82) is 0 Å². The maximum Gasteiger partial charge on any atom is 0.236 e. The molecular formula is C12H24N2O2. The van der Waals surface area contributed by atoms with Gasteiger partial charge in [0.25, 0.3) is 0 Å². The first-order chi connectivity index (χ1) is 7.69. The van der Waals surface area contributed by atoms with Crippen LogP contribution in [0.5, 0.6) is 0 Å². The molecule has 0 aliphatic carbocycles. The summed E-state index contributed by atoms with van der Waals surface area (Å²) >= 11 is 0. The molecule has 1 saturated heterocycles. The van der Waals surface area contributed by atoms with Crippen molar-refractivity contribution in [1.82, 2.24) is 9.80 Å². The summed E-state index contributed by atoms with van der Waals surface area (Å²) in [6.07, 6.45) is 4.21. The molecular weight excluding hydrogens is 204 g/mol. The molecule has 16 heavy (non-hydrogen) atoms. The standard InChI is InChI=1S/C12H24N2O2/c1-3-13(2)12(16)10-14-8-4-6-11(14)7-5-9-15/h11,15H,3-10H2,1-2H3. The van der Waals surface area contributed by atoms with Gasteiger partial charge in [-0.1, -0.05) is 0 Å². The van der Waals surface area contributed by atoms with Crippen molar-refractivity contribution in [3.63, 3.8) is 0 Å². The zero-order valence-corrected chi connectivity index (χ0v) is 10.5. The van der Waals surface area contributed by atoms with E-state index in [-0.39, 0.29) is 12.5 Å². The van der Waals surface area contributed by atoms with E-state index in [4.69, 9.17) is 5.11 Å². The molecule has 1 aliphatic heterocycles. The van der Waals surface area contributed by atoms with Gasteiger partial charge in [-0.05, 0) is 39.2 Å². The van der Waals surface area contributed by atoms with Crippen molar-refractivity contribution >= 4 is 5.91 Å². The second-order valence-corrected chi connectivity index (χ2v) is 4.54. The predicted molar refractivity (Wildman–Crippen MR) is 64.2 cm³/mol. The van der Waals surface area contributed by atoms with E-state index in [1.807, 2.05) is 14.0 Å². The fraction of sp³-hybridized carbons (Fsp3) is 0.917. The normalized spacial score (nSPS) is 21.3. The molecule has 0 aromatic heterocycles. The van der Waals surface area contributed by atoms with E-state index in [0.29, 0.717) is 12.6 Å². The van der Waals surface area contributed by atoms with Crippen molar-refractivity contribution in [3.8, 4) is 0 Å². The number of hydrogen-bond acceptors (Lipinski definition) is 3. The van der Waals surface area contributed by atoms with E-state index < -0.39 is 0 Å². The largest absolute Gasteiger partial charge is 0.396 e. The highest BCUT2D eigenvalue weighted by molar-refractivity contribution is 5.78. The summed E-state index contributed by atoms with van der Waals surface area (Å²) in [7, 11) is 1.85. The van der Waals surface area contributed by atoms with Crippen LogP contribution in [0.4, 0.5) is 0 Å². The van der Waals surface area contributed by atoms with Gasteiger partial charge in [0.2, 0.25) is 5.91 Å². The van der Waals surface area contributed by atoms with Crippen LogP contribution in [-0.4, -0.2) is 60.1 Å². The zero-order valence-electron chi connectivity index (χ0n) is 10.5. The minimum atomic E-state index is 0.207. The van der Waals surface area contributed by atoms with Gasteiger partial charge in [-0.25, -0.2) is 0 Å². The molecule has 0 aromatic rings. The molecule has 0 spiro atoms. The zero-order chi connectivity index (χ0) is 12.0. The Bertz CT molecular complexity index is 221. The van der Waals surface area contributed by atoms with Crippen molar-refractivity contribution in [2.75, 3.05) is 33.3 Å². The first kappa shape index (κ1) is 13.5. The Morgan fingerprint density at radius 1 is 1.56 bits per heavy atom. The highest BCUT2D eigenvalue weighted by Crippen LogP contribution is 2.20. The molecule has 0 bridgehead atoms. The first-order valence-electron chi connectivity index (χ1n) is 6.28. The van der Waals surface area contributed by atoms with Gasteiger partial charge in [-0.15, -0.1) is 0 Å². The highest BCUT2D eigenvalue weighted by atomic mass is 16.3. The van der Waals surface area contributed by atoms with Crippen molar-refractivity contribution in [3.05, 3.63) is 0 Å². The van der Waals surface area contributed by atoms with Crippen LogP contribution in [0, 0.1) is 0 Å². The third-order valence-corrected chi connectivity index (χ3v) is 3.43. The second kappa shape index (κ2) is 6.86. The number of likely N-dealkylation sites (N-methyl/N-ethyl adjacent to an activating group) is 1. The molecule has 1 amide bonds. The maximum atomic E-state index is 11.8. The lowest BCUT2D eigenvalue weighted by atomic mass is 10.1. The third kappa shape index (κ3) is 3.76. The van der Waals surface area contributed by atoms with E-state index in [2.05, 4.69) is 4.90 Å². The van der Waals surface area contributed by atoms with E-state index in [9.17, 15) is 4.79 Å². The number of nitrogens with zero attached hydrogens (tertiary/aromatic N) is 2. The van der Waals surface area contributed by atoms with Crippen LogP contribution in [0.1, 0.15) is 32.6 Å². The minimum Gasteiger partial charge on any atom is -0.396 e. The molecule has 1 N–H and O–H groups in total. The average Bonchev–Trinajstić information content (AvgIpc) is 2.72. The monoisotopic (exact) mass is 228 g/mol. The second-order valence-electron chi connectivity index (χ2n) is 4.54. The van der Waals surface area contributed by atoms with E-state index in [1.165, 1.54) is 12.8 Å². The van der Waals surface area contributed by atoms with Gasteiger partial charge in [-0.3, -0.25) is 9.69 Å². The molecule has 94 valence electrons. The number of carbonyl (C=O) groups excluding carboxylic acids is 1. The Balaban J connectivity index is 2.37. The van der Waals surface area contributed by atoms with Crippen LogP contribution < -0.4 is 0 Å². The SMILES string of the molecule is CCN(C)C(=O)CN1CCCC1CCCO. The summed E-state index contributed by atoms with van der Waals surface area (Å²) in [6, 6.07) is 0.501. The van der Waals surface area contributed by atoms with Gasteiger partial charge in [-0.2, -0.15) is 0 Å². The number of likely N-dealkylation sites (tertiary alicyclic amines) is 1. The number of aliphatic hydroxyl groups is 1. The Morgan fingerprint density at radius 3 is 2.94 bits per heavy atom. The number of hydrogen-bond donors (Lipinski definition) is 1. The average molecular weight is 228 g/mol. The van der Waals surface area contributed by atoms with Crippen LogP contribution in [0.15, 0.2) is 0 Å². The molecule has 0 saturated carbocycles. The van der Waals surface area contributed by atoms with Crippen LogP contribution in [0.2, 0.25) is 0 Å². The Kier molecular flexibility index (Phi) is 5.77. The van der Waals surface area contributed by atoms with Gasteiger partial charge in [0.15, 0.2) is 0 Å². The summed E-state index contributed by atoms with van der Waals surface area (Å²) in [4.78, 5) is 15.8. The highest BCUT2D eigenvalue weighted by Gasteiger charge is 2.26. The molecule has 1 atom stereocenters. The van der Waals surface area contributed by atoms with E-state index in [1.54, 1.807) is 4.90 Å². The molecule has 0 aromatic carbocycles. The van der Waals surface area contributed by atoms with Crippen LogP contribution in [-0.2, 0) is 4.79 Å². The number of carbonyl (C=O) groups is 1. The predicted octanol–water partition coefficient (Wildman–Crippen LogP) is 0.702. The van der Waals surface area contributed by atoms with Gasteiger partial charge >= 0.3 is 0 Å². The van der Waals surface area contributed by atoms with Crippen LogP contribution in [0.25, 0.3) is 0 Å². The van der Waals surface area contributed by atoms with E-state index >= 15 is 0 Å². The van der Waals surface area contributed by atoms with Crippen molar-refractivity contribution in [2.24, 2.45) is 0 Å². The van der Waals surface area contributed by atoms with Crippen molar-refractivity contribution < 1.29 is 9.90 Å². The van der Waals surface area contributed by atoms with Gasteiger partial charge < -0.3 is 10.0 Å². The number of aliphatic hydroxyl groups excluding tert-OH is 1. The van der Waals surface area contributed by atoms with Gasteiger partial charge in [0.1, 0.15) is 0 Å². The molecule has 4 heteroatoms. The summed E-state index contributed by atoms with van der Waals surface area (Å²) in [5.74, 6) is 0.207. The summed E-state index contributed by atoms with van der Waals surface area (Å²) in [5, 5.41) is 8.83. The van der Waals surface area contributed by atoms with Crippen molar-refractivity contribution in [2.45, 2.75) is 38.6 Å². The summed E-state index contributed by atoms with van der Waals surface area (Å²) in [5.41, 5.74) is 0. The number of rotatable bonds is 6. The van der Waals surface area contributed by atoms with Crippen LogP contribution >= 0.6 is 0 Å². The molecule has 1 fully saturated rings. The molecule has 1 rings (SSSR count). The Hall–Kier alpha value is -0.610. The quantitative estimate of drug-likeness (QED) is 0.728. The Labute approximate surface area is 98.2 Å². The van der Waals surface area contributed by atoms with Crippen LogP contribution in [0.3, 0.4) is 0 Å². The minimum absolute atomic E-state index is 0.207. The summed E-state index contributed by atoms with van der Waals surface area (Å²) in [6.45, 7) is 4.59. The van der Waals surface area contributed by atoms with Gasteiger partial charge in [0, 0.05) is 26.2 Å². The van der Waals surface area contributed by atoms with Gasteiger partial charge in [0.05, 0.1) is 6.54 Å². The summed E-state index contributed by atoms with van der Waals surface area (Å²) < 4.78 is 0. The molecule has 1 unspecified atom stereocenters. The lowest BCUT2D eigenvalue weighted by Crippen LogP contribution is -2.40. The first-order valence-corrected chi connectivity index (χ1v) is 6.28. The fourth-order valence-corrected chi connectivity index (χ4v) is 2.23. The number of amides is 1. The topological polar surface area (TPSA) is 43.8 Å². The lowest BCUT2D eigenvalue weighted by molar-refractivity contribution is -0.131. The molecule has 4 nitrogen and oxygen atoms in total. The fourth-order valence-electron chi connectivity index (χ4n) is 2.23. The maximum absolute atomic E-state index is 11.8. The Morgan fingerprint density at radius 2 is 2.31 bits per heavy atom. The third-order valence-electron chi connectivity index (χ3n) is 3.43. The molecule has 1 aliphatic rings. The van der Waals surface area contributed by atoms with E-state index in [0.717, 1.165) is 25.9 Å². The molecule has 1 heterocycles. The smallest absolute Gasteiger partial charge is 0.236 e.